The molecule has 0 bridgehead atoms. The number of carbonyl (C=O) groups is 1. The molecule has 0 aromatic heterocycles. The molecule has 2 heteroatoms. The highest BCUT2D eigenvalue weighted by atomic mass is 16.5. The van der Waals surface area contributed by atoms with Gasteiger partial charge in [0.15, 0.2) is 0 Å². The van der Waals surface area contributed by atoms with Gasteiger partial charge in [-0.15, -0.1) is 0 Å². The van der Waals surface area contributed by atoms with Crippen molar-refractivity contribution in [2.45, 2.75) is 44.9 Å². The van der Waals surface area contributed by atoms with Crippen LogP contribution < -0.4 is 0 Å². The van der Waals surface area contributed by atoms with Crippen LogP contribution in [0.4, 0.5) is 0 Å². The average Bonchev–Trinajstić information content (AvgIpc) is 2.12. The van der Waals surface area contributed by atoms with Gasteiger partial charge < -0.3 is 4.74 Å². The van der Waals surface area contributed by atoms with Crippen molar-refractivity contribution in [1.82, 2.24) is 0 Å². The molecule has 2 rings (SSSR count). The van der Waals surface area contributed by atoms with Gasteiger partial charge in [0.1, 0.15) is 5.78 Å². The first kappa shape index (κ1) is 10.2. The standard InChI is InChI=1S/C12H20O2/c13-12-6-4-11(5-7-12)9-14-8-10-2-1-3-10/h10-11H,1-9H2. The first-order valence-corrected chi connectivity index (χ1v) is 5.94. The van der Waals surface area contributed by atoms with Crippen LogP contribution in [0.2, 0.25) is 0 Å². The van der Waals surface area contributed by atoms with Crippen LogP contribution in [-0.4, -0.2) is 19.0 Å². The highest BCUT2D eigenvalue weighted by molar-refractivity contribution is 5.78. The summed E-state index contributed by atoms with van der Waals surface area (Å²) in [6.07, 6.45) is 7.82. The second-order valence-electron chi connectivity index (χ2n) is 4.82. The SMILES string of the molecule is O=C1CCC(COCC2CCC2)CC1. The predicted molar refractivity (Wildman–Crippen MR) is 55.1 cm³/mol. The summed E-state index contributed by atoms with van der Waals surface area (Å²) in [5, 5.41) is 0. The van der Waals surface area contributed by atoms with E-state index in [0.29, 0.717) is 11.7 Å². The summed E-state index contributed by atoms with van der Waals surface area (Å²) in [5.74, 6) is 1.95. The van der Waals surface area contributed by atoms with E-state index in [2.05, 4.69) is 0 Å². The lowest BCUT2D eigenvalue weighted by Crippen LogP contribution is -2.22. The molecule has 2 fully saturated rings. The Hall–Kier alpha value is -0.370. The Morgan fingerprint density at radius 2 is 1.57 bits per heavy atom. The molecule has 2 aliphatic carbocycles. The maximum Gasteiger partial charge on any atom is 0.132 e. The largest absolute Gasteiger partial charge is 0.381 e. The lowest BCUT2D eigenvalue weighted by molar-refractivity contribution is -0.121. The molecule has 0 spiro atoms. The fourth-order valence-electron chi connectivity index (χ4n) is 2.23. The molecule has 2 nitrogen and oxygen atoms in total. The maximum absolute atomic E-state index is 11.0. The van der Waals surface area contributed by atoms with Crippen molar-refractivity contribution < 1.29 is 9.53 Å². The number of rotatable bonds is 4. The van der Waals surface area contributed by atoms with Gasteiger partial charge in [-0.1, -0.05) is 6.42 Å². The van der Waals surface area contributed by atoms with Gasteiger partial charge in [0.05, 0.1) is 0 Å². The van der Waals surface area contributed by atoms with Crippen LogP contribution >= 0.6 is 0 Å². The molecule has 0 saturated heterocycles. The number of ketones is 1. The lowest BCUT2D eigenvalue weighted by atomic mass is 9.86. The fraction of sp³-hybridized carbons (Fsp3) is 0.917. The zero-order chi connectivity index (χ0) is 9.80. The topological polar surface area (TPSA) is 26.3 Å². The van der Waals surface area contributed by atoms with Gasteiger partial charge in [-0.3, -0.25) is 4.79 Å². The van der Waals surface area contributed by atoms with E-state index in [4.69, 9.17) is 4.74 Å². The van der Waals surface area contributed by atoms with Crippen LogP contribution in [0.25, 0.3) is 0 Å². The van der Waals surface area contributed by atoms with Crippen LogP contribution in [0, 0.1) is 11.8 Å². The van der Waals surface area contributed by atoms with Crippen LogP contribution in [0.5, 0.6) is 0 Å². The highest BCUT2D eigenvalue weighted by Crippen LogP contribution is 2.27. The fourth-order valence-corrected chi connectivity index (χ4v) is 2.23. The molecular formula is C12H20O2. The van der Waals surface area contributed by atoms with Gasteiger partial charge in [-0.25, -0.2) is 0 Å². The molecule has 14 heavy (non-hydrogen) atoms. The summed E-state index contributed by atoms with van der Waals surface area (Å²) in [7, 11) is 0. The Kier molecular flexibility index (Phi) is 3.57. The molecule has 0 unspecified atom stereocenters. The van der Waals surface area contributed by atoms with Crippen molar-refractivity contribution in [3.05, 3.63) is 0 Å². The summed E-state index contributed by atoms with van der Waals surface area (Å²) >= 11 is 0. The highest BCUT2D eigenvalue weighted by Gasteiger charge is 2.21. The molecule has 0 amide bonds. The quantitative estimate of drug-likeness (QED) is 0.690. The van der Waals surface area contributed by atoms with Gasteiger partial charge >= 0.3 is 0 Å². The molecule has 0 aliphatic heterocycles. The molecule has 0 atom stereocenters. The predicted octanol–water partition coefficient (Wildman–Crippen LogP) is 2.56. The smallest absolute Gasteiger partial charge is 0.132 e. The zero-order valence-electron chi connectivity index (χ0n) is 8.84. The lowest BCUT2D eigenvalue weighted by Gasteiger charge is -2.27. The van der Waals surface area contributed by atoms with Gasteiger partial charge in [-0.05, 0) is 37.5 Å². The van der Waals surface area contributed by atoms with E-state index in [-0.39, 0.29) is 0 Å². The molecule has 0 heterocycles. The molecule has 0 N–H and O–H groups in total. The normalized spacial score (nSPS) is 25.0. The average molecular weight is 196 g/mol. The summed E-state index contributed by atoms with van der Waals surface area (Å²) < 4.78 is 5.70. The van der Waals surface area contributed by atoms with E-state index in [0.717, 1.165) is 44.8 Å². The van der Waals surface area contributed by atoms with Crippen molar-refractivity contribution in [3.63, 3.8) is 0 Å². The van der Waals surface area contributed by atoms with Crippen LogP contribution in [-0.2, 0) is 9.53 Å². The number of hydrogen-bond acceptors (Lipinski definition) is 2. The van der Waals surface area contributed by atoms with E-state index < -0.39 is 0 Å². The third-order valence-electron chi connectivity index (χ3n) is 3.59. The van der Waals surface area contributed by atoms with Gasteiger partial charge in [0.25, 0.3) is 0 Å². The molecule has 80 valence electrons. The summed E-state index contributed by atoms with van der Waals surface area (Å²) in [6, 6.07) is 0. The van der Waals surface area contributed by atoms with Crippen molar-refractivity contribution in [2.24, 2.45) is 11.8 Å². The minimum Gasteiger partial charge on any atom is -0.381 e. The third-order valence-corrected chi connectivity index (χ3v) is 3.59. The van der Waals surface area contributed by atoms with E-state index in [1.807, 2.05) is 0 Å². The van der Waals surface area contributed by atoms with Crippen molar-refractivity contribution in [3.8, 4) is 0 Å². The van der Waals surface area contributed by atoms with Gasteiger partial charge in [-0.2, -0.15) is 0 Å². The van der Waals surface area contributed by atoms with Crippen molar-refractivity contribution in [2.75, 3.05) is 13.2 Å². The van der Waals surface area contributed by atoms with E-state index in [1.165, 1.54) is 19.3 Å². The molecule has 0 radical (unpaired) electrons. The summed E-state index contributed by atoms with van der Waals surface area (Å²) in [6.45, 7) is 1.86. The second-order valence-corrected chi connectivity index (χ2v) is 4.82. The number of ether oxygens (including phenoxy) is 1. The zero-order valence-corrected chi connectivity index (χ0v) is 8.84. The van der Waals surface area contributed by atoms with Crippen LogP contribution in [0.15, 0.2) is 0 Å². The molecular weight excluding hydrogens is 176 g/mol. The van der Waals surface area contributed by atoms with Crippen molar-refractivity contribution >= 4 is 5.78 Å². The Bertz CT molecular complexity index is 186. The minimum absolute atomic E-state index is 0.445. The van der Waals surface area contributed by atoms with Crippen LogP contribution in [0.1, 0.15) is 44.9 Å². The molecule has 2 aliphatic rings. The van der Waals surface area contributed by atoms with Gasteiger partial charge in [0, 0.05) is 26.1 Å². The Morgan fingerprint density at radius 3 is 2.07 bits per heavy atom. The first-order chi connectivity index (χ1) is 6.84. The summed E-state index contributed by atoms with van der Waals surface area (Å²) in [4.78, 5) is 11.0. The number of Topliss-reactive ketones (excluding diaryl/α,β-unsaturated/α-hetero) is 1. The first-order valence-electron chi connectivity index (χ1n) is 5.94. The second kappa shape index (κ2) is 4.92. The molecule has 2 saturated carbocycles. The Labute approximate surface area is 86.0 Å². The monoisotopic (exact) mass is 196 g/mol. The Balaban J connectivity index is 1.54. The number of carbonyl (C=O) groups excluding carboxylic acids is 1. The van der Waals surface area contributed by atoms with Crippen molar-refractivity contribution in [1.29, 1.82) is 0 Å². The van der Waals surface area contributed by atoms with Crippen LogP contribution in [0.3, 0.4) is 0 Å². The molecule has 0 aromatic carbocycles. The van der Waals surface area contributed by atoms with E-state index in [1.54, 1.807) is 0 Å². The molecule has 0 aromatic rings. The Morgan fingerprint density at radius 1 is 1.00 bits per heavy atom. The maximum atomic E-state index is 11.0. The van der Waals surface area contributed by atoms with Gasteiger partial charge in [0.2, 0.25) is 0 Å². The van der Waals surface area contributed by atoms with E-state index in [9.17, 15) is 4.79 Å². The number of hydrogen-bond donors (Lipinski definition) is 0. The van der Waals surface area contributed by atoms with E-state index >= 15 is 0 Å². The summed E-state index contributed by atoms with van der Waals surface area (Å²) in [5.41, 5.74) is 0. The minimum atomic E-state index is 0.445. The third kappa shape index (κ3) is 2.81.